The van der Waals surface area contributed by atoms with Crippen LogP contribution in [0.3, 0.4) is 0 Å². The minimum absolute atomic E-state index is 0.449. The third kappa shape index (κ3) is 3.57. The van der Waals surface area contributed by atoms with E-state index in [-0.39, 0.29) is 0 Å². The van der Waals surface area contributed by atoms with Crippen LogP contribution in [-0.2, 0) is 4.79 Å². The molecule has 0 aromatic heterocycles. The average Bonchev–Trinajstić information content (AvgIpc) is 1.80. The molecule has 1 amide bonds. The van der Waals surface area contributed by atoms with Crippen LogP contribution in [0.25, 0.3) is 0 Å². The smallest absolute Gasteiger partial charge is 0.291 e. The van der Waals surface area contributed by atoms with Crippen molar-refractivity contribution in [1.29, 1.82) is 0 Å². The maximum atomic E-state index is 11.0. The van der Waals surface area contributed by atoms with Crippen LogP contribution < -0.4 is 5.73 Å². The standard InChI is InChI=1S/C8H16N2O2/c1-7(2,6(11)10-12)5-8(3,4)9/h5,9H2,1-4H3. The molecule has 0 aliphatic rings. The summed E-state index contributed by atoms with van der Waals surface area (Å²) in [6.45, 7) is 6.97. The molecule has 0 atom stereocenters. The highest BCUT2D eigenvalue weighted by atomic mass is 16.3. The summed E-state index contributed by atoms with van der Waals surface area (Å²) < 4.78 is 0. The Labute approximate surface area is 72.5 Å². The van der Waals surface area contributed by atoms with Gasteiger partial charge in [0.1, 0.15) is 0 Å². The second kappa shape index (κ2) is 3.31. The van der Waals surface area contributed by atoms with E-state index in [1.807, 2.05) is 13.8 Å². The molecule has 4 heteroatoms. The fourth-order valence-electron chi connectivity index (χ4n) is 1.34. The Morgan fingerprint density at radius 2 is 1.75 bits per heavy atom. The van der Waals surface area contributed by atoms with Gasteiger partial charge >= 0.3 is 0 Å². The summed E-state index contributed by atoms with van der Waals surface area (Å²) in [6.07, 6.45) is 0.449. The van der Waals surface area contributed by atoms with Crippen LogP contribution in [0.2, 0.25) is 0 Å². The third-order valence-corrected chi connectivity index (χ3v) is 1.56. The molecule has 12 heavy (non-hydrogen) atoms. The van der Waals surface area contributed by atoms with Gasteiger partial charge in [-0.1, -0.05) is 13.8 Å². The summed E-state index contributed by atoms with van der Waals surface area (Å²) in [7, 11) is 0. The highest BCUT2D eigenvalue weighted by Crippen LogP contribution is 2.27. The van der Waals surface area contributed by atoms with Crippen molar-refractivity contribution in [1.82, 2.24) is 0 Å². The molecule has 0 heterocycles. The van der Waals surface area contributed by atoms with E-state index in [1.165, 1.54) is 0 Å². The first-order valence-electron chi connectivity index (χ1n) is 3.86. The second-order valence-electron chi connectivity index (χ2n) is 4.45. The normalized spacial score (nSPS) is 12.8. The van der Waals surface area contributed by atoms with E-state index in [1.54, 1.807) is 13.8 Å². The Kier molecular flexibility index (Phi) is 3.10. The van der Waals surface area contributed by atoms with Gasteiger partial charge in [0.05, 0.1) is 5.41 Å². The average molecular weight is 172 g/mol. The number of carbonyl (C=O) groups excluding carboxylic acids is 1. The zero-order chi connectivity index (χ0) is 9.99. The van der Waals surface area contributed by atoms with Crippen LogP contribution in [0.5, 0.6) is 0 Å². The van der Waals surface area contributed by atoms with Crippen molar-refractivity contribution in [3.05, 3.63) is 4.91 Å². The van der Waals surface area contributed by atoms with Crippen molar-refractivity contribution in [3.63, 3.8) is 0 Å². The van der Waals surface area contributed by atoms with Crippen LogP contribution >= 0.6 is 0 Å². The van der Waals surface area contributed by atoms with E-state index in [2.05, 4.69) is 5.18 Å². The number of hydrogen-bond donors (Lipinski definition) is 1. The zero-order valence-corrected chi connectivity index (χ0v) is 8.05. The Morgan fingerprint density at radius 3 is 2.00 bits per heavy atom. The molecular weight excluding hydrogens is 156 g/mol. The largest absolute Gasteiger partial charge is 0.326 e. The minimum Gasteiger partial charge on any atom is -0.326 e. The lowest BCUT2D eigenvalue weighted by molar-refractivity contribution is -0.126. The number of hydrogen-bond acceptors (Lipinski definition) is 3. The third-order valence-electron chi connectivity index (χ3n) is 1.56. The van der Waals surface area contributed by atoms with Crippen molar-refractivity contribution < 1.29 is 4.79 Å². The van der Waals surface area contributed by atoms with Gasteiger partial charge in [-0.05, 0) is 20.3 Å². The van der Waals surface area contributed by atoms with Gasteiger partial charge in [0.25, 0.3) is 5.91 Å². The molecule has 0 rings (SSSR count). The molecule has 0 saturated heterocycles. The molecule has 70 valence electrons. The maximum absolute atomic E-state index is 11.0. The molecular formula is C8H16N2O2. The molecule has 0 aliphatic heterocycles. The van der Waals surface area contributed by atoms with Crippen molar-refractivity contribution >= 4 is 5.91 Å². The SMILES string of the molecule is CC(C)(N)CC(C)(C)C(=O)N=O. The molecule has 0 bridgehead atoms. The predicted octanol–water partition coefficient (Wildman–Crippen LogP) is 1.43. The van der Waals surface area contributed by atoms with E-state index < -0.39 is 16.9 Å². The molecule has 0 spiro atoms. The Bertz CT molecular complexity index is 192. The Morgan fingerprint density at radius 1 is 1.33 bits per heavy atom. The Hall–Kier alpha value is -0.770. The van der Waals surface area contributed by atoms with E-state index in [4.69, 9.17) is 5.73 Å². The first-order chi connectivity index (χ1) is 5.19. The molecule has 0 aromatic carbocycles. The summed E-state index contributed by atoms with van der Waals surface area (Å²) in [5.74, 6) is -0.638. The molecule has 0 aromatic rings. The summed E-state index contributed by atoms with van der Waals surface area (Å²) in [6, 6.07) is 0. The van der Waals surface area contributed by atoms with Crippen molar-refractivity contribution in [3.8, 4) is 0 Å². The number of rotatable bonds is 3. The highest BCUT2D eigenvalue weighted by molar-refractivity contribution is 5.82. The van der Waals surface area contributed by atoms with Gasteiger partial charge in [-0.2, -0.15) is 0 Å². The number of amides is 1. The highest BCUT2D eigenvalue weighted by Gasteiger charge is 2.33. The topological polar surface area (TPSA) is 72.5 Å². The van der Waals surface area contributed by atoms with Crippen LogP contribution in [0.15, 0.2) is 5.18 Å². The zero-order valence-electron chi connectivity index (χ0n) is 8.05. The first-order valence-corrected chi connectivity index (χ1v) is 3.86. The molecule has 0 fully saturated rings. The summed E-state index contributed by atoms with van der Waals surface area (Å²) >= 11 is 0. The molecule has 0 saturated carbocycles. The Balaban J connectivity index is 4.42. The van der Waals surface area contributed by atoms with E-state index in [0.29, 0.717) is 6.42 Å². The minimum atomic E-state index is -0.750. The predicted molar refractivity (Wildman–Crippen MR) is 47.5 cm³/mol. The number of nitrogens with two attached hydrogens (primary N) is 1. The summed E-state index contributed by atoms with van der Waals surface area (Å²) in [5.41, 5.74) is 4.51. The molecule has 0 radical (unpaired) electrons. The summed E-state index contributed by atoms with van der Waals surface area (Å²) in [4.78, 5) is 21.0. The number of carbonyl (C=O) groups is 1. The molecule has 0 aliphatic carbocycles. The van der Waals surface area contributed by atoms with Gasteiger partial charge in [-0.15, -0.1) is 4.91 Å². The van der Waals surface area contributed by atoms with Gasteiger partial charge in [-0.3, -0.25) is 4.79 Å². The number of nitroso groups, excluding NO2 is 1. The van der Waals surface area contributed by atoms with Gasteiger partial charge < -0.3 is 5.73 Å². The quantitative estimate of drug-likeness (QED) is 0.654. The van der Waals surface area contributed by atoms with E-state index >= 15 is 0 Å². The fourth-order valence-corrected chi connectivity index (χ4v) is 1.34. The lowest BCUT2D eigenvalue weighted by Crippen LogP contribution is -2.40. The summed E-state index contributed by atoms with van der Waals surface area (Å²) in [5, 5.41) is 2.40. The van der Waals surface area contributed by atoms with Gasteiger partial charge in [0.15, 0.2) is 0 Å². The maximum Gasteiger partial charge on any atom is 0.291 e. The van der Waals surface area contributed by atoms with Gasteiger partial charge in [0.2, 0.25) is 0 Å². The van der Waals surface area contributed by atoms with Crippen molar-refractivity contribution in [2.75, 3.05) is 0 Å². The van der Waals surface area contributed by atoms with Crippen LogP contribution in [0.1, 0.15) is 34.1 Å². The van der Waals surface area contributed by atoms with E-state index in [9.17, 15) is 9.70 Å². The second-order valence-corrected chi connectivity index (χ2v) is 4.45. The van der Waals surface area contributed by atoms with Crippen LogP contribution in [0, 0.1) is 10.3 Å². The van der Waals surface area contributed by atoms with Crippen LogP contribution in [-0.4, -0.2) is 11.4 Å². The number of nitrogens with zero attached hydrogens (tertiary/aromatic N) is 1. The molecule has 2 N–H and O–H groups in total. The molecule has 4 nitrogen and oxygen atoms in total. The van der Waals surface area contributed by atoms with Gasteiger partial charge in [-0.25, -0.2) is 0 Å². The first kappa shape index (κ1) is 11.2. The van der Waals surface area contributed by atoms with Crippen molar-refractivity contribution in [2.24, 2.45) is 16.3 Å². The lowest BCUT2D eigenvalue weighted by atomic mass is 9.80. The van der Waals surface area contributed by atoms with Crippen LogP contribution in [0.4, 0.5) is 0 Å². The fraction of sp³-hybridized carbons (Fsp3) is 0.875. The van der Waals surface area contributed by atoms with E-state index in [0.717, 1.165) is 0 Å². The molecule has 0 unspecified atom stereocenters. The monoisotopic (exact) mass is 172 g/mol. The van der Waals surface area contributed by atoms with Crippen molar-refractivity contribution in [2.45, 2.75) is 39.7 Å². The lowest BCUT2D eigenvalue weighted by Gasteiger charge is -2.28. The van der Waals surface area contributed by atoms with Gasteiger partial charge in [0, 0.05) is 10.7 Å².